The second-order valence-corrected chi connectivity index (χ2v) is 6.96. The van der Waals surface area contributed by atoms with Gasteiger partial charge in [-0.25, -0.2) is 13.1 Å². The van der Waals surface area contributed by atoms with Gasteiger partial charge in [-0.3, -0.25) is 0 Å². The zero-order valence-corrected chi connectivity index (χ0v) is 13.0. The van der Waals surface area contributed by atoms with Crippen molar-refractivity contribution < 1.29 is 8.42 Å². The minimum absolute atomic E-state index is 0.0105. The first-order valence-corrected chi connectivity index (χ1v) is 8.60. The van der Waals surface area contributed by atoms with Crippen molar-refractivity contribution in [2.24, 2.45) is 0 Å². The van der Waals surface area contributed by atoms with Gasteiger partial charge in [0.15, 0.2) is 0 Å². The van der Waals surface area contributed by atoms with Gasteiger partial charge in [-0.05, 0) is 39.0 Å². The SMILES string of the molecule is CCN1CCCC(NS(=O)(=O)c2c[nH]c(CNC)c2)C1. The number of aromatic nitrogens is 1. The number of H-pyrrole nitrogens is 1. The summed E-state index contributed by atoms with van der Waals surface area (Å²) in [6.45, 7) is 5.55. The number of likely N-dealkylation sites (N-methyl/N-ethyl adjacent to an activating group) is 1. The Morgan fingerprint density at radius 1 is 1.50 bits per heavy atom. The van der Waals surface area contributed by atoms with Crippen LogP contribution < -0.4 is 10.0 Å². The van der Waals surface area contributed by atoms with Gasteiger partial charge in [-0.15, -0.1) is 0 Å². The highest BCUT2D eigenvalue weighted by Crippen LogP contribution is 2.15. The van der Waals surface area contributed by atoms with Gasteiger partial charge >= 0.3 is 0 Å². The van der Waals surface area contributed by atoms with Crippen molar-refractivity contribution in [2.45, 2.75) is 37.2 Å². The van der Waals surface area contributed by atoms with Gasteiger partial charge in [0.05, 0.1) is 4.90 Å². The van der Waals surface area contributed by atoms with Crippen LogP contribution in [-0.2, 0) is 16.6 Å². The highest BCUT2D eigenvalue weighted by atomic mass is 32.2. The molecule has 0 aromatic carbocycles. The second-order valence-electron chi connectivity index (χ2n) is 5.24. The van der Waals surface area contributed by atoms with Crippen LogP contribution in [0.2, 0.25) is 0 Å². The summed E-state index contributed by atoms with van der Waals surface area (Å²) < 4.78 is 27.5. The van der Waals surface area contributed by atoms with Crippen LogP contribution in [0.1, 0.15) is 25.5 Å². The molecular weight excluding hydrogens is 276 g/mol. The lowest BCUT2D eigenvalue weighted by molar-refractivity contribution is 0.211. The Bertz CT molecular complexity index is 526. The number of hydrogen-bond donors (Lipinski definition) is 3. The van der Waals surface area contributed by atoms with E-state index >= 15 is 0 Å². The molecule has 0 amide bonds. The summed E-state index contributed by atoms with van der Waals surface area (Å²) in [4.78, 5) is 5.57. The van der Waals surface area contributed by atoms with E-state index in [4.69, 9.17) is 0 Å². The molecule has 7 heteroatoms. The summed E-state index contributed by atoms with van der Waals surface area (Å²) in [5, 5.41) is 2.99. The van der Waals surface area contributed by atoms with E-state index in [0.717, 1.165) is 38.2 Å². The highest BCUT2D eigenvalue weighted by Gasteiger charge is 2.25. The van der Waals surface area contributed by atoms with Crippen molar-refractivity contribution in [1.82, 2.24) is 19.9 Å². The Kier molecular flexibility index (Phi) is 5.20. The van der Waals surface area contributed by atoms with Crippen molar-refractivity contribution in [3.63, 3.8) is 0 Å². The van der Waals surface area contributed by atoms with E-state index in [1.54, 1.807) is 12.3 Å². The molecule has 0 aliphatic carbocycles. The Balaban J connectivity index is 2.02. The number of nitrogens with one attached hydrogen (secondary N) is 3. The van der Waals surface area contributed by atoms with Gasteiger partial charge in [-0.1, -0.05) is 6.92 Å². The summed E-state index contributed by atoms with van der Waals surface area (Å²) >= 11 is 0. The quantitative estimate of drug-likeness (QED) is 0.715. The topological polar surface area (TPSA) is 77.2 Å². The number of nitrogens with zero attached hydrogens (tertiary/aromatic N) is 1. The first kappa shape index (κ1) is 15.5. The smallest absolute Gasteiger partial charge is 0.242 e. The van der Waals surface area contributed by atoms with E-state index in [0.29, 0.717) is 11.4 Å². The van der Waals surface area contributed by atoms with Crippen molar-refractivity contribution in [2.75, 3.05) is 26.7 Å². The molecule has 1 unspecified atom stereocenters. The van der Waals surface area contributed by atoms with Gasteiger partial charge in [0.25, 0.3) is 0 Å². The van der Waals surface area contributed by atoms with E-state index in [1.165, 1.54) is 0 Å². The molecule has 1 aromatic rings. The maximum Gasteiger partial charge on any atom is 0.242 e. The highest BCUT2D eigenvalue weighted by molar-refractivity contribution is 7.89. The van der Waals surface area contributed by atoms with E-state index in [1.807, 2.05) is 7.05 Å². The lowest BCUT2D eigenvalue weighted by atomic mass is 10.1. The second kappa shape index (κ2) is 6.71. The molecule has 0 radical (unpaired) electrons. The Morgan fingerprint density at radius 3 is 3.00 bits per heavy atom. The average Bonchev–Trinajstić information content (AvgIpc) is 2.88. The molecule has 1 aromatic heterocycles. The molecule has 1 atom stereocenters. The number of hydrogen-bond acceptors (Lipinski definition) is 4. The maximum atomic E-state index is 12.3. The molecule has 114 valence electrons. The van der Waals surface area contributed by atoms with Crippen LogP contribution in [0.4, 0.5) is 0 Å². The van der Waals surface area contributed by atoms with Crippen LogP contribution in [0.25, 0.3) is 0 Å². The lowest BCUT2D eigenvalue weighted by Crippen LogP contribution is -2.47. The monoisotopic (exact) mass is 300 g/mol. The normalized spacial score (nSPS) is 21.2. The third-order valence-electron chi connectivity index (χ3n) is 3.67. The summed E-state index contributed by atoms with van der Waals surface area (Å²) in [6, 6.07) is 1.69. The third-order valence-corrected chi connectivity index (χ3v) is 5.17. The first-order valence-electron chi connectivity index (χ1n) is 7.11. The van der Waals surface area contributed by atoms with Crippen molar-refractivity contribution in [3.05, 3.63) is 18.0 Å². The molecule has 1 saturated heterocycles. The van der Waals surface area contributed by atoms with E-state index in [-0.39, 0.29) is 6.04 Å². The largest absolute Gasteiger partial charge is 0.363 e. The Hall–Kier alpha value is -0.890. The van der Waals surface area contributed by atoms with Gasteiger partial charge in [-0.2, -0.15) is 0 Å². The zero-order valence-electron chi connectivity index (χ0n) is 12.1. The number of piperidine rings is 1. The van der Waals surface area contributed by atoms with Crippen LogP contribution in [-0.4, -0.2) is 51.0 Å². The lowest BCUT2D eigenvalue weighted by Gasteiger charge is -2.31. The molecule has 20 heavy (non-hydrogen) atoms. The minimum Gasteiger partial charge on any atom is -0.363 e. The van der Waals surface area contributed by atoms with Crippen LogP contribution in [0, 0.1) is 0 Å². The van der Waals surface area contributed by atoms with Crippen LogP contribution >= 0.6 is 0 Å². The Labute approximate surface area is 121 Å². The van der Waals surface area contributed by atoms with Crippen molar-refractivity contribution in [1.29, 1.82) is 0 Å². The molecule has 2 heterocycles. The summed E-state index contributed by atoms with van der Waals surface area (Å²) in [5.41, 5.74) is 0.867. The zero-order chi connectivity index (χ0) is 14.6. The summed E-state index contributed by atoms with van der Waals surface area (Å²) in [7, 11) is -1.60. The maximum absolute atomic E-state index is 12.3. The van der Waals surface area contributed by atoms with Crippen LogP contribution in [0.3, 0.4) is 0 Å². The third kappa shape index (κ3) is 3.82. The van der Waals surface area contributed by atoms with Crippen LogP contribution in [0.5, 0.6) is 0 Å². The van der Waals surface area contributed by atoms with Gasteiger partial charge in [0, 0.05) is 31.0 Å². The predicted molar refractivity (Wildman–Crippen MR) is 79.0 cm³/mol. The minimum atomic E-state index is -3.42. The number of aromatic amines is 1. The van der Waals surface area contributed by atoms with E-state index < -0.39 is 10.0 Å². The molecule has 0 spiro atoms. The molecule has 3 N–H and O–H groups in total. The Morgan fingerprint density at radius 2 is 2.30 bits per heavy atom. The number of sulfonamides is 1. The fourth-order valence-electron chi connectivity index (χ4n) is 2.59. The molecule has 6 nitrogen and oxygen atoms in total. The molecular formula is C13H24N4O2S. The molecule has 1 fully saturated rings. The average molecular weight is 300 g/mol. The fourth-order valence-corrected chi connectivity index (χ4v) is 3.87. The molecule has 1 aliphatic heterocycles. The molecule has 2 rings (SSSR count). The fraction of sp³-hybridized carbons (Fsp3) is 0.692. The summed E-state index contributed by atoms with van der Waals surface area (Å²) in [5.74, 6) is 0. The molecule has 1 aliphatic rings. The van der Waals surface area contributed by atoms with Gasteiger partial charge < -0.3 is 15.2 Å². The standard InChI is InChI=1S/C13H24N4O2S/c1-3-17-6-4-5-11(10-17)16-20(18,19)13-7-12(8-14-2)15-9-13/h7,9,11,14-16H,3-6,8,10H2,1-2H3. The number of likely N-dealkylation sites (tertiary alicyclic amines) is 1. The van der Waals surface area contributed by atoms with Gasteiger partial charge in [0.1, 0.15) is 0 Å². The van der Waals surface area contributed by atoms with Crippen LogP contribution in [0.15, 0.2) is 17.2 Å². The molecule has 0 saturated carbocycles. The summed E-state index contributed by atoms with van der Waals surface area (Å²) in [6.07, 6.45) is 3.50. The van der Waals surface area contributed by atoms with E-state index in [9.17, 15) is 8.42 Å². The van der Waals surface area contributed by atoms with E-state index in [2.05, 4.69) is 26.8 Å². The van der Waals surface area contributed by atoms with Gasteiger partial charge in [0.2, 0.25) is 10.0 Å². The first-order chi connectivity index (χ1) is 9.55. The molecule has 0 bridgehead atoms. The number of rotatable bonds is 6. The van der Waals surface area contributed by atoms with Crippen molar-refractivity contribution in [3.8, 4) is 0 Å². The predicted octanol–water partition coefficient (Wildman–Crippen LogP) is 0.497. The van der Waals surface area contributed by atoms with Crippen molar-refractivity contribution >= 4 is 10.0 Å².